The third-order valence-electron chi connectivity index (χ3n) is 4.90. The number of nitrogens with zero attached hydrogens (tertiary/aromatic N) is 1. The van der Waals surface area contributed by atoms with Gasteiger partial charge >= 0.3 is 5.97 Å². The van der Waals surface area contributed by atoms with Gasteiger partial charge in [-0.2, -0.15) is 0 Å². The van der Waals surface area contributed by atoms with Crippen LogP contribution in [-0.4, -0.2) is 22.8 Å². The first-order valence-corrected chi connectivity index (χ1v) is 8.62. The Labute approximate surface area is 146 Å². The average Bonchev–Trinajstić information content (AvgIpc) is 3.41. The molecule has 0 amide bonds. The number of aliphatic carboxylic acids is 1. The van der Waals surface area contributed by atoms with E-state index in [9.17, 15) is 9.90 Å². The standard InChI is InChI=1S/C21H21NO3/c1-25-16-9-10-19-17(11-16)18(12-20(23)24)21(15-7-8-15)22(19)13-14-5-3-2-4-6-14/h2-6,9-11,15H,7-8,12-13H2,1H3,(H,23,24). The molecular formula is C21H21NO3. The van der Waals surface area contributed by atoms with Gasteiger partial charge in [-0.3, -0.25) is 4.79 Å². The maximum absolute atomic E-state index is 11.5. The molecule has 0 bridgehead atoms. The van der Waals surface area contributed by atoms with Crippen LogP contribution in [0.15, 0.2) is 48.5 Å². The lowest BCUT2D eigenvalue weighted by Crippen LogP contribution is -2.07. The quantitative estimate of drug-likeness (QED) is 0.734. The number of carboxylic acid groups (broad SMARTS) is 1. The zero-order valence-electron chi connectivity index (χ0n) is 14.2. The molecule has 4 rings (SSSR count). The fourth-order valence-electron chi connectivity index (χ4n) is 3.65. The van der Waals surface area contributed by atoms with Crippen molar-refractivity contribution >= 4 is 16.9 Å². The van der Waals surface area contributed by atoms with Crippen molar-refractivity contribution < 1.29 is 14.6 Å². The van der Waals surface area contributed by atoms with Crippen LogP contribution in [0.1, 0.15) is 35.6 Å². The van der Waals surface area contributed by atoms with Crippen LogP contribution in [0, 0.1) is 0 Å². The van der Waals surface area contributed by atoms with Crippen LogP contribution in [-0.2, 0) is 17.8 Å². The molecule has 1 saturated carbocycles. The van der Waals surface area contributed by atoms with Gasteiger partial charge < -0.3 is 14.4 Å². The lowest BCUT2D eigenvalue weighted by atomic mass is 10.0. The fourth-order valence-corrected chi connectivity index (χ4v) is 3.65. The number of carboxylic acids is 1. The summed E-state index contributed by atoms with van der Waals surface area (Å²) in [5.41, 5.74) is 4.44. The van der Waals surface area contributed by atoms with E-state index in [1.165, 1.54) is 11.3 Å². The first kappa shape index (κ1) is 15.8. The second-order valence-corrected chi connectivity index (χ2v) is 6.66. The van der Waals surface area contributed by atoms with E-state index in [0.717, 1.165) is 41.6 Å². The van der Waals surface area contributed by atoms with Crippen LogP contribution < -0.4 is 4.74 Å². The van der Waals surface area contributed by atoms with Crippen molar-refractivity contribution in [3.8, 4) is 5.75 Å². The molecule has 2 aromatic carbocycles. The molecule has 1 N–H and O–H groups in total. The lowest BCUT2D eigenvalue weighted by Gasteiger charge is -2.12. The monoisotopic (exact) mass is 335 g/mol. The van der Waals surface area contributed by atoms with E-state index in [1.807, 2.05) is 36.4 Å². The smallest absolute Gasteiger partial charge is 0.307 e. The van der Waals surface area contributed by atoms with E-state index in [0.29, 0.717) is 5.92 Å². The molecule has 1 fully saturated rings. The van der Waals surface area contributed by atoms with Gasteiger partial charge in [0.05, 0.1) is 13.5 Å². The largest absolute Gasteiger partial charge is 0.497 e. The fraction of sp³-hybridized carbons (Fsp3) is 0.286. The number of carbonyl (C=O) groups is 1. The highest BCUT2D eigenvalue weighted by Crippen LogP contribution is 2.46. The number of fused-ring (bicyclic) bond motifs is 1. The predicted octanol–water partition coefficient (Wildman–Crippen LogP) is 4.20. The van der Waals surface area contributed by atoms with Crippen molar-refractivity contribution in [1.29, 1.82) is 0 Å². The Kier molecular flexibility index (Phi) is 3.96. The minimum atomic E-state index is -0.788. The van der Waals surface area contributed by atoms with Gasteiger partial charge in [0.1, 0.15) is 5.75 Å². The molecule has 0 aliphatic heterocycles. The van der Waals surface area contributed by atoms with Gasteiger partial charge in [-0.15, -0.1) is 0 Å². The molecule has 4 heteroatoms. The van der Waals surface area contributed by atoms with Crippen molar-refractivity contribution in [2.75, 3.05) is 7.11 Å². The molecule has 1 aromatic heterocycles. The third-order valence-corrected chi connectivity index (χ3v) is 4.90. The van der Waals surface area contributed by atoms with Gasteiger partial charge in [0.15, 0.2) is 0 Å². The minimum absolute atomic E-state index is 0.0529. The Morgan fingerprint density at radius 2 is 1.96 bits per heavy atom. The topological polar surface area (TPSA) is 51.5 Å². The number of rotatable bonds is 6. The van der Waals surface area contributed by atoms with Crippen LogP contribution in [0.2, 0.25) is 0 Å². The third kappa shape index (κ3) is 3.00. The number of ether oxygens (including phenoxy) is 1. The molecule has 3 aromatic rings. The van der Waals surface area contributed by atoms with Crippen LogP contribution in [0.3, 0.4) is 0 Å². The van der Waals surface area contributed by atoms with Crippen molar-refractivity contribution in [1.82, 2.24) is 4.57 Å². The first-order chi connectivity index (χ1) is 12.2. The molecule has 1 aliphatic rings. The Bertz CT molecular complexity index is 923. The maximum Gasteiger partial charge on any atom is 0.307 e. The normalized spacial score (nSPS) is 14.0. The zero-order valence-corrected chi connectivity index (χ0v) is 14.2. The molecule has 1 aliphatic carbocycles. The number of aromatic nitrogens is 1. The van der Waals surface area contributed by atoms with Gasteiger partial charge in [0.2, 0.25) is 0 Å². The van der Waals surface area contributed by atoms with Gasteiger partial charge in [-0.25, -0.2) is 0 Å². The van der Waals surface area contributed by atoms with Gasteiger partial charge in [-0.1, -0.05) is 30.3 Å². The molecule has 128 valence electrons. The minimum Gasteiger partial charge on any atom is -0.497 e. The summed E-state index contributed by atoms with van der Waals surface area (Å²) < 4.78 is 7.67. The van der Waals surface area contributed by atoms with Crippen molar-refractivity contribution in [2.24, 2.45) is 0 Å². The molecule has 0 spiro atoms. The molecule has 0 atom stereocenters. The van der Waals surface area contributed by atoms with E-state index in [4.69, 9.17) is 4.74 Å². The number of hydrogen-bond donors (Lipinski definition) is 1. The highest BCUT2D eigenvalue weighted by Gasteiger charge is 2.32. The SMILES string of the molecule is COc1ccc2c(c1)c(CC(=O)O)c(C1CC1)n2Cc1ccccc1. The molecule has 1 heterocycles. The summed E-state index contributed by atoms with van der Waals surface area (Å²) in [4.78, 5) is 11.5. The second kappa shape index (κ2) is 6.28. The van der Waals surface area contributed by atoms with E-state index >= 15 is 0 Å². The maximum atomic E-state index is 11.5. The molecule has 0 saturated heterocycles. The van der Waals surface area contributed by atoms with E-state index in [2.05, 4.69) is 16.7 Å². The number of benzene rings is 2. The molecular weight excluding hydrogens is 314 g/mol. The molecule has 0 radical (unpaired) electrons. The molecule has 0 unspecified atom stereocenters. The Balaban J connectivity index is 1.93. The summed E-state index contributed by atoms with van der Waals surface area (Å²) in [6.45, 7) is 0.759. The van der Waals surface area contributed by atoms with Gasteiger partial charge in [0.25, 0.3) is 0 Å². The van der Waals surface area contributed by atoms with E-state index < -0.39 is 5.97 Å². The van der Waals surface area contributed by atoms with Crippen molar-refractivity contribution in [2.45, 2.75) is 31.7 Å². The van der Waals surface area contributed by atoms with Crippen LogP contribution in [0.5, 0.6) is 5.75 Å². The summed E-state index contributed by atoms with van der Waals surface area (Å²) in [6, 6.07) is 16.3. The predicted molar refractivity (Wildman–Crippen MR) is 97.3 cm³/mol. The number of hydrogen-bond acceptors (Lipinski definition) is 2. The summed E-state index contributed by atoms with van der Waals surface area (Å²) in [6.07, 6.45) is 2.32. The highest BCUT2D eigenvalue weighted by molar-refractivity contribution is 5.90. The molecule has 25 heavy (non-hydrogen) atoms. The van der Waals surface area contributed by atoms with E-state index in [1.54, 1.807) is 7.11 Å². The summed E-state index contributed by atoms with van der Waals surface area (Å²) in [5.74, 6) is 0.443. The van der Waals surface area contributed by atoms with Crippen LogP contribution in [0.4, 0.5) is 0 Å². The van der Waals surface area contributed by atoms with Crippen LogP contribution >= 0.6 is 0 Å². The number of methoxy groups -OCH3 is 1. The van der Waals surface area contributed by atoms with Crippen molar-refractivity contribution in [3.05, 3.63) is 65.4 Å². The lowest BCUT2D eigenvalue weighted by molar-refractivity contribution is -0.136. The Morgan fingerprint density at radius 3 is 2.60 bits per heavy atom. The van der Waals surface area contributed by atoms with Gasteiger partial charge in [0, 0.05) is 23.1 Å². The van der Waals surface area contributed by atoms with Gasteiger partial charge in [-0.05, 0) is 48.1 Å². The molecule has 4 nitrogen and oxygen atoms in total. The average molecular weight is 335 g/mol. The van der Waals surface area contributed by atoms with E-state index in [-0.39, 0.29) is 6.42 Å². The second-order valence-electron chi connectivity index (χ2n) is 6.66. The Hall–Kier alpha value is -2.75. The first-order valence-electron chi connectivity index (χ1n) is 8.62. The van der Waals surface area contributed by atoms with Crippen molar-refractivity contribution in [3.63, 3.8) is 0 Å². The zero-order chi connectivity index (χ0) is 17.4. The Morgan fingerprint density at radius 1 is 1.20 bits per heavy atom. The summed E-state index contributed by atoms with van der Waals surface area (Å²) >= 11 is 0. The highest BCUT2D eigenvalue weighted by atomic mass is 16.5. The van der Waals surface area contributed by atoms with Crippen LogP contribution in [0.25, 0.3) is 10.9 Å². The summed E-state index contributed by atoms with van der Waals surface area (Å²) in [7, 11) is 1.64. The summed E-state index contributed by atoms with van der Waals surface area (Å²) in [5, 5.41) is 10.4.